The van der Waals surface area contributed by atoms with Gasteiger partial charge in [-0.25, -0.2) is 13.1 Å². The number of sulfonamides is 1. The number of hydrogen-bond donors (Lipinski definition) is 2. The van der Waals surface area contributed by atoms with Crippen LogP contribution in [0.4, 0.5) is 0 Å². The first-order valence-corrected chi connectivity index (χ1v) is 10.1. The second kappa shape index (κ2) is 9.19. The Morgan fingerprint density at radius 3 is 2.31 bits per heavy atom. The van der Waals surface area contributed by atoms with Gasteiger partial charge in [0.2, 0.25) is 15.9 Å². The molecule has 0 saturated heterocycles. The number of rotatable bonds is 7. The third-order valence-electron chi connectivity index (χ3n) is 3.54. The molecule has 2 N–H and O–H groups in total. The number of carbonyl (C=O) groups excluding carboxylic acids is 1. The lowest BCUT2D eigenvalue weighted by atomic mass is 10.1. The van der Waals surface area contributed by atoms with Crippen molar-refractivity contribution in [3.05, 3.63) is 75.3 Å². The highest BCUT2D eigenvalue weighted by atomic mass is 35.5. The normalized spacial score (nSPS) is 11.7. The molecular weight excluding hydrogens is 395 g/mol. The predicted molar refractivity (Wildman–Crippen MR) is 105 cm³/mol. The third-order valence-corrected chi connectivity index (χ3v) is 5.29. The summed E-state index contributed by atoms with van der Waals surface area (Å²) in [6, 6.07) is 12.0. The standard InChI is InChI=1S/C18H18Cl2N2O3S/c1-21-26(24,25)12-15-5-3-2-4-14(15)11-22-18(23)7-6-13-8-16(19)10-17(20)9-13/h2-10,21H,11-12H2,1H3,(H,22,23). The highest BCUT2D eigenvalue weighted by Gasteiger charge is 2.12. The largest absolute Gasteiger partial charge is 0.348 e. The molecule has 0 aliphatic rings. The van der Waals surface area contributed by atoms with Crippen molar-refractivity contribution < 1.29 is 13.2 Å². The minimum Gasteiger partial charge on any atom is -0.348 e. The Morgan fingerprint density at radius 2 is 1.69 bits per heavy atom. The number of nitrogens with one attached hydrogen (secondary N) is 2. The van der Waals surface area contributed by atoms with E-state index < -0.39 is 10.0 Å². The van der Waals surface area contributed by atoms with Crippen LogP contribution < -0.4 is 10.0 Å². The molecule has 2 aromatic carbocycles. The quantitative estimate of drug-likeness (QED) is 0.684. The fourth-order valence-electron chi connectivity index (χ4n) is 2.23. The van der Waals surface area contributed by atoms with E-state index in [0.717, 1.165) is 5.56 Å². The minimum atomic E-state index is -3.39. The first-order chi connectivity index (χ1) is 12.3. The van der Waals surface area contributed by atoms with Crippen LogP contribution in [0.3, 0.4) is 0 Å². The Bertz CT molecular complexity index is 908. The molecule has 2 rings (SSSR count). The number of benzene rings is 2. The summed E-state index contributed by atoms with van der Waals surface area (Å²) >= 11 is 11.8. The van der Waals surface area contributed by atoms with Crippen LogP contribution in [0.5, 0.6) is 0 Å². The SMILES string of the molecule is CNS(=O)(=O)Cc1ccccc1CNC(=O)C=Cc1cc(Cl)cc(Cl)c1. The van der Waals surface area contributed by atoms with Gasteiger partial charge in [-0.2, -0.15) is 0 Å². The first-order valence-electron chi connectivity index (χ1n) is 7.69. The van der Waals surface area contributed by atoms with Crippen molar-refractivity contribution in [3.8, 4) is 0 Å². The van der Waals surface area contributed by atoms with Crippen LogP contribution in [0.1, 0.15) is 16.7 Å². The highest BCUT2D eigenvalue weighted by molar-refractivity contribution is 7.88. The number of halogens is 2. The van der Waals surface area contributed by atoms with E-state index >= 15 is 0 Å². The van der Waals surface area contributed by atoms with E-state index in [4.69, 9.17) is 23.2 Å². The zero-order valence-electron chi connectivity index (χ0n) is 14.0. The van der Waals surface area contributed by atoms with Crippen LogP contribution in [0, 0.1) is 0 Å². The number of carbonyl (C=O) groups is 1. The topological polar surface area (TPSA) is 75.3 Å². The molecule has 0 radical (unpaired) electrons. The van der Waals surface area contributed by atoms with Crippen molar-refractivity contribution in [3.63, 3.8) is 0 Å². The summed E-state index contributed by atoms with van der Waals surface area (Å²) in [5.74, 6) is -0.459. The molecule has 0 aliphatic heterocycles. The molecule has 1 amide bonds. The van der Waals surface area contributed by atoms with Crippen LogP contribution in [-0.2, 0) is 27.1 Å². The van der Waals surface area contributed by atoms with Crippen molar-refractivity contribution >= 4 is 45.2 Å². The van der Waals surface area contributed by atoms with Crippen molar-refractivity contribution in [2.75, 3.05) is 7.05 Å². The molecule has 5 nitrogen and oxygen atoms in total. The van der Waals surface area contributed by atoms with Gasteiger partial charge in [0.25, 0.3) is 0 Å². The van der Waals surface area contributed by atoms with Crippen molar-refractivity contribution in [1.82, 2.24) is 10.0 Å². The molecule has 0 heterocycles. The molecule has 0 atom stereocenters. The van der Waals surface area contributed by atoms with Crippen molar-refractivity contribution in [1.29, 1.82) is 0 Å². The van der Waals surface area contributed by atoms with Gasteiger partial charge in [-0.15, -0.1) is 0 Å². The molecule has 0 aromatic heterocycles. The summed E-state index contributed by atoms with van der Waals surface area (Å²) in [4.78, 5) is 12.0. The average molecular weight is 413 g/mol. The van der Waals surface area contributed by atoms with Crippen molar-refractivity contribution in [2.24, 2.45) is 0 Å². The molecule has 138 valence electrons. The third kappa shape index (κ3) is 6.46. The predicted octanol–water partition coefficient (Wildman–Crippen LogP) is 3.37. The lowest BCUT2D eigenvalue weighted by Gasteiger charge is -2.10. The Balaban J connectivity index is 2.02. The van der Waals surface area contributed by atoms with Gasteiger partial charge in [0.15, 0.2) is 0 Å². The number of hydrogen-bond acceptors (Lipinski definition) is 3. The van der Waals surface area contributed by atoms with E-state index in [1.807, 2.05) is 0 Å². The van der Waals surface area contributed by atoms with E-state index in [0.29, 0.717) is 21.2 Å². The second-order valence-electron chi connectivity index (χ2n) is 5.49. The van der Waals surface area contributed by atoms with Gasteiger partial charge in [-0.3, -0.25) is 4.79 Å². The lowest BCUT2D eigenvalue weighted by molar-refractivity contribution is -0.116. The summed E-state index contributed by atoms with van der Waals surface area (Å²) in [5.41, 5.74) is 2.07. The molecule has 0 saturated carbocycles. The number of amides is 1. The smallest absolute Gasteiger partial charge is 0.244 e. The van der Waals surface area contributed by atoms with Crippen LogP contribution in [0.25, 0.3) is 6.08 Å². The maximum absolute atomic E-state index is 12.0. The Kier molecular flexibility index (Phi) is 7.23. The Labute approximate surface area is 163 Å². The summed E-state index contributed by atoms with van der Waals surface area (Å²) in [5, 5.41) is 3.70. The summed E-state index contributed by atoms with van der Waals surface area (Å²) in [6.45, 7) is 0.217. The van der Waals surface area contributed by atoms with Crippen LogP contribution in [0.2, 0.25) is 10.0 Å². The van der Waals surface area contributed by atoms with Gasteiger partial charge < -0.3 is 5.32 Å². The Morgan fingerprint density at radius 1 is 1.08 bits per heavy atom. The highest BCUT2D eigenvalue weighted by Crippen LogP contribution is 2.19. The van der Waals surface area contributed by atoms with Crippen LogP contribution in [-0.4, -0.2) is 21.4 Å². The van der Waals surface area contributed by atoms with Gasteiger partial charge in [0.1, 0.15) is 0 Å². The van der Waals surface area contributed by atoms with E-state index in [2.05, 4.69) is 10.0 Å². The van der Waals surface area contributed by atoms with Crippen LogP contribution >= 0.6 is 23.2 Å². The molecule has 8 heteroatoms. The molecule has 26 heavy (non-hydrogen) atoms. The van der Waals surface area contributed by atoms with Gasteiger partial charge in [0.05, 0.1) is 5.75 Å². The molecular formula is C18H18Cl2N2O3S. The van der Waals surface area contributed by atoms with Gasteiger partial charge >= 0.3 is 0 Å². The summed E-state index contributed by atoms with van der Waals surface area (Å²) in [7, 11) is -2.02. The van der Waals surface area contributed by atoms with E-state index in [1.165, 1.54) is 13.1 Å². The summed E-state index contributed by atoms with van der Waals surface area (Å²) in [6.07, 6.45) is 2.97. The van der Waals surface area contributed by atoms with Gasteiger partial charge in [0, 0.05) is 22.7 Å². The first kappa shape index (κ1) is 20.5. The zero-order chi connectivity index (χ0) is 19.2. The van der Waals surface area contributed by atoms with Gasteiger partial charge in [-0.05, 0) is 48.0 Å². The van der Waals surface area contributed by atoms with Crippen LogP contribution in [0.15, 0.2) is 48.5 Å². The average Bonchev–Trinajstić information content (AvgIpc) is 2.58. The minimum absolute atomic E-state index is 0.146. The maximum Gasteiger partial charge on any atom is 0.244 e. The van der Waals surface area contributed by atoms with E-state index in [1.54, 1.807) is 48.5 Å². The monoisotopic (exact) mass is 412 g/mol. The van der Waals surface area contributed by atoms with E-state index in [9.17, 15) is 13.2 Å². The molecule has 0 bridgehead atoms. The second-order valence-corrected chi connectivity index (χ2v) is 8.29. The molecule has 2 aromatic rings. The van der Waals surface area contributed by atoms with Crippen molar-refractivity contribution in [2.45, 2.75) is 12.3 Å². The Hall–Kier alpha value is -1.86. The van der Waals surface area contributed by atoms with Gasteiger partial charge in [-0.1, -0.05) is 47.5 Å². The van der Waals surface area contributed by atoms with E-state index in [-0.39, 0.29) is 18.2 Å². The summed E-state index contributed by atoms with van der Waals surface area (Å²) < 4.78 is 25.8. The molecule has 0 aliphatic carbocycles. The zero-order valence-corrected chi connectivity index (χ0v) is 16.3. The fourth-order valence-corrected chi connectivity index (χ4v) is 3.61. The maximum atomic E-state index is 12.0. The molecule has 0 spiro atoms. The molecule has 0 unspecified atom stereocenters. The molecule has 0 fully saturated rings. The fraction of sp³-hybridized carbons (Fsp3) is 0.167. The lowest BCUT2D eigenvalue weighted by Crippen LogP contribution is -2.24.